The fourth-order valence-electron chi connectivity index (χ4n) is 6.99. The van der Waals surface area contributed by atoms with E-state index in [0.29, 0.717) is 59.8 Å². The molecule has 2 fully saturated rings. The Bertz CT molecular complexity index is 2420. The normalized spacial score (nSPS) is 21.9. The third-order valence-electron chi connectivity index (χ3n) is 9.94. The quantitative estimate of drug-likeness (QED) is 0.119. The number of hydrogen-bond donors (Lipinski definition) is 2. The number of methoxy groups -OCH3 is 1. The number of nitrogens with one attached hydrogen (secondary N) is 1. The molecule has 0 radical (unpaired) electrons. The van der Waals surface area contributed by atoms with Crippen LogP contribution >= 0.6 is 0 Å². The molecule has 3 heterocycles. The highest BCUT2D eigenvalue weighted by molar-refractivity contribution is 6.22. The summed E-state index contributed by atoms with van der Waals surface area (Å²) >= 11 is 0. The number of hydrogen-bond acceptors (Lipinski definition) is 16. The van der Waals surface area contributed by atoms with Gasteiger partial charge in [-0.15, -0.1) is 0 Å². The van der Waals surface area contributed by atoms with Gasteiger partial charge in [0.2, 0.25) is 18.3 Å². The number of benzene rings is 3. The number of esters is 5. The Balaban J connectivity index is 1.26. The number of aromatic amines is 1. The lowest BCUT2D eigenvalue weighted by Crippen LogP contribution is -2.64. The largest absolute Gasteiger partial charge is 0.494 e. The van der Waals surface area contributed by atoms with Gasteiger partial charge in [-0.3, -0.25) is 24.1 Å². The van der Waals surface area contributed by atoms with Gasteiger partial charge < -0.3 is 48.3 Å². The summed E-state index contributed by atoms with van der Waals surface area (Å²) in [6, 6.07) is 20.3. The average Bonchev–Trinajstić information content (AvgIpc) is 3.58. The average molecular weight is 845 g/mol. The van der Waals surface area contributed by atoms with Gasteiger partial charge in [0.05, 0.1) is 36.2 Å². The first-order valence-electron chi connectivity index (χ1n) is 20.6. The fourth-order valence-corrected chi connectivity index (χ4v) is 6.99. The van der Waals surface area contributed by atoms with E-state index in [1.54, 1.807) is 49.5 Å². The molecule has 1 amide bonds. The lowest BCUT2D eigenvalue weighted by molar-refractivity contribution is -0.288. The molecule has 0 unspecified atom stereocenters. The zero-order chi connectivity index (χ0) is 46.5. The van der Waals surface area contributed by atoms with E-state index >= 15 is 0 Å². The van der Waals surface area contributed by atoms with Gasteiger partial charge in [0.15, 0.2) is 24.2 Å². The summed E-state index contributed by atoms with van der Waals surface area (Å²) in [4.78, 5) is 88.9. The molecule has 5 atom stereocenters. The molecule has 2 N–H and O–H groups in total. The SMILES string of the molecule is [2H]C([2H])([2H])N1CCN(CC(=O)N(C)c2ccc(N=C(c3ccccc3)c3c(O)[nH]c4cc(C(=O)O[C@@H]5O[C@H](C(=O)OC)[C@@H](OC(C)=O)[C@H](OC(C)=O)[C@H]5OC(C)=O)ccc34)cc2)CC1. The van der Waals surface area contributed by atoms with Crippen LogP contribution < -0.4 is 4.90 Å². The summed E-state index contributed by atoms with van der Waals surface area (Å²) in [7, 11) is 2.68. The van der Waals surface area contributed by atoms with Crippen LogP contribution in [0.15, 0.2) is 77.8 Å². The van der Waals surface area contributed by atoms with Crippen LogP contribution in [0.5, 0.6) is 5.88 Å². The van der Waals surface area contributed by atoms with Crippen molar-refractivity contribution in [1.29, 1.82) is 0 Å². The van der Waals surface area contributed by atoms with E-state index in [-0.39, 0.29) is 29.4 Å². The Morgan fingerprint density at radius 1 is 0.836 bits per heavy atom. The van der Waals surface area contributed by atoms with Crippen molar-refractivity contribution in [3.05, 3.63) is 89.5 Å². The number of aliphatic imine (C=N–C) groups is 1. The molecule has 2 aliphatic heterocycles. The van der Waals surface area contributed by atoms with Crippen molar-refractivity contribution in [2.24, 2.45) is 4.99 Å². The first kappa shape index (κ1) is 39.8. The van der Waals surface area contributed by atoms with Gasteiger partial charge in [0.25, 0.3) is 0 Å². The van der Waals surface area contributed by atoms with Gasteiger partial charge in [0.1, 0.15) is 0 Å². The number of piperazine rings is 1. The maximum absolute atomic E-state index is 13.8. The Morgan fingerprint density at radius 3 is 2.10 bits per heavy atom. The van der Waals surface area contributed by atoms with Crippen LogP contribution in [0, 0.1) is 0 Å². The Morgan fingerprint density at radius 2 is 1.48 bits per heavy atom. The molecule has 6 rings (SSSR count). The molecule has 0 aliphatic carbocycles. The summed E-state index contributed by atoms with van der Waals surface area (Å²) in [5, 5.41) is 11.8. The monoisotopic (exact) mass is 844 g/mol. The van der Waals surface area contributed by atoms with E-state index in [0.717, 1.165) is 27.9 Å². The number of fused-ring (bicyclic) bond motifs is 1. The van der Waals surface area contributed by atoms with Crippen LogP contribution in [0.25, 0.3) is 10.9 Å². The highest BCUT2D eigenvalue weighted by Gasteiger charge is 2.56. The third kappa shape index (κ3) is 10.4. The second kappa shape index (κ2) is 19.2. The number of carbonyl (C=O) groups excluding carboxylic acids is 6. The topological polar surface area (TPSA) is 216 Å². The number of anilines is 1. The van der Waals surface area contributed by atoms with E-state index in [9.17, 15) is 33.9 Å². The van der Waals surface area contributed by atoms with E-state index in [4.69, 9.17) is 37.5 Å². The molecule has 2 saturated heterocycles. The minimum absolute atomic E-state index is 0.0865. The molecule has 0 saturated carbocycles. The van der Waals surface area contributed by atoms with Crippen molar-refractivity contribution in [3.63, 3.8) is 0 Å². The number of ether oxygens (including phenoxy) is 6. The maximum Gasteiger partial charge on any atom is 0.340 e. The molecular weight excluding hydrogens is 794 g/mol. The van der Waals surface area contributed by atoms with Crippen molar-refractivity contribution in [2.45, 2.75) is 51.5 Å². The lowest BCUT2D eigenvalue weighted by atomic mass is 9.97. The second-order valence-electron chi connectivity index (χ2n) is 14.2. The molecule has 322 valence electrons. The van der Waals surface area contributed by atoms with Crippen LogP contribution in [0.2, 0.25) is 0 Å². The molecule has 1 aromatic heterocycles. The molecule has 18 heteroatoms. The molecular formula is C43H47N5O13. The standard InChI is InChI=1S/C43H47N5O13/c1-24(49)57-36-37(58-25(2)50)39(59-26(3)51)43(60-38(36)42(55)56-6)61-41(54)28-12-17-31-32(22-28)45-40(53)34(31)35(27-10-8-7-9-11-27)44-29-13-15-30(16-14-29)47(5)33(52)23-48-20-18-46(4)19-21-48/h7-17,22,36-39,43,45,53H,18-21,23H2,1-6H3/t36-,37-,38-,39+,43-/m0/s1/i4D3. The first-order valence-corrected chi connectivity index (χ1v) is 19.1. The highest BCUT2D eigenvalue weighted by atomic mass is 16.7. The van der Waals surface area contributed by atoms with Gasteiger partial charge in [-0.2, -0.15) is 0 Å². The van der Waals surface area contributed by atoms with Crippen molar-refractivity contribution < 1.29 is 66.4 Å². The number of aromatic nitrogens is 1. The molecule has 61 heavy (non-hydrogen) atoms. The summed E-state index contributed by atoms with van der Waals surface area (Å²) in [5.74, 6) is -5.29. The van der Waals surface area contributed by atoms with E-state index < -0.39 is 67.5 Å². The first-order chi connectivity index (χ1) is 30.3. The molecule has 4 aromatic rings. The van der Waals surface area contributed by atoms with Gasteiger partial charge in [-0.1, -0.05) is 36.4 Å². The Kier molecular flexibility index (Phi) is 12.5. The number of rotatable bonds is 12. The van der Waals surface area contributed by atoms with Crippen LogP contribution in [0.1, 0.15) is 46.4 Å². The van der Waals surface area contributed by atoms with Gasteiger partial charge >= 0.3 is 29.8 Å². The maximum atomic E-state index is 13.8. The van der Waals surface area contributed by atoms with Crippen LogP contribution in [0.4, 0.5) is 11.4 Å². The van der Waals surface area contributed by atoms with Crippen molar-refractivity contribution in [2.75, 3.05) is 58.8 Å². The van der Waals surface area contributed by atoms with Crippen molar-refractivity contribution >= 4 is 63.7 Å². The third-order valence-corrected chi connectivity index (χ3v) is 9.94. The Labute approximate surface area is 355 Å². The fraction of sp³-hybridized carbons (Fsp3) is 0.372. The van der Waals surface area contributed by atoms with Crippen LogP contribution in [-0.4, -0.2) is 146 Å². The Hall–Kier alpha value is -6.63. The summed E-state index contributed by atoms with van der Waals surface area (Å²) in [5.41, 5.74) is 2.58. The van der Waals surface area contributed by atoms with E-state index in [2.05, 4.69) is 4.98 Å². The molecule has 18 nitrogen and oxygen atoms in total. The highest BCUT2D eigenvalue weighted by Crippen LogP contribution is 2.34. The van der Waals surface area contributed by atoms with E-state index in [1.165, 1.54) is 21.9 Å². The summed E-state index contributed by atoms with van der Waals surface area (Å²) in [6.45, 7) is 2.61. The van der Waals surface area contributed by atoms with Gasteiger partial charge in [0, 0.05) is 80.3 Å². The number of amides is 1. The molecule has 2 aliphatic rings. The van der Waals surface area contributed by atoms with Crippen molar-refractivity contribution in [3.8, 4) is 5.88 Å². The summed E-state index contributed by atoms with van der Waals surface area (Å²) in [6.07, 6.45) is -8.71. The van der Waals surface area contributed by atoms with E-state index in [1.807, 2.05) is 23.1 Å². The molecule has 0 spiro atoms. The van der Waals surface area contributed by atoms with Crippen molar-refractivity contribution in [1.82, 2.24) is 14.8 Å². The summed E-state index contributed by atoms with van der Waals surface area (Å²) < 4.78 is 55.0. The zero-order valence-corrected chi connectivity index (χ0v) is 34.0. The number of H-pyrrole nitrogens is 1. The molecule has 3 aromatic carbocycles. The second-order valence-corrected chi connectivity index (χ2v) is 14.2. The number of aromatic hydroxyl groups is 1. The predicted octanol–water partition coefficient (Wildman–Crippen LogP) is 3.10. The number of nitrogens with zero attached hydrogens (tertiary/aromatic N) is 4. The van der Waals surface area contributed by atoms with Crippen LogP contribution in [0.3, 0.4) is 0 Å². The molecule has 0 bridgehead atoms. The van der Waals surface area contributed by atoms with Crippen LogP contribution in [-0.2, 0) is 52.4 Å². The minimum atomic E-state index is -2.17. The minimum Gasteiger partial charge on any atom is -0.494 e. The zero-order valence-electron chi connectivity index (χ0n) is 37.0. The number of likely N-dealkylation sites (N-methyl/N-ethyl adjacent to an activating group) is 2. The smallest absolute Gasteiger partial charge is 0.340 e. The predicted molar refractivity (Wildman–Crippen MR) is 218 cm³/mol. The van der Waals surface area contributed by atoms with Gasteiger partial charge in [-0.05, 0) is 43.4 Å². The number of carbonyl (C=O) groups is 6. The lowest BCUT2D eigenvalue weighted by Gasteiger charge is -2.42. The van der Waals surface area contributed by atoms with Gasteiger partial charge in [-0.25, -0.2) is 14.6 Å².